The molecular formula is C21H26N2O2. The molecule has 0 atom stereocenters. The van der Waals surface area contributed by atoms with Gasteiger partial charge in [-0.25, -0.2) is 9.78 Å². The van der Waals surface area contributed by atoms with Gasteiger partial charge in [0.25, 0.3) is 0 Å². The van der Waals surface area contributed by atoms with Crippen molar-refractivity contribution in [1.82, 2.24) is 9.97 Å². The molecule has 0 saturated heterocycles. The zero-order chi connectivity index (χ0) is 18.4. The molecule has 0 spiro atoms. The highest BCUT2D eigenvalue weighted by Crippen LogP contribution is 2.46. The summed E-state index contributed by atoms with van der Waals surface area (Å²) in [6.07, 6.45) is 5.95. The van der Waals surface area contributed by atoms with Crippen LogP contribution in [0.5, 0.6) is 0 Å². The second-order valence-electron chi connectivity index (χ2n) is 8.47. The molecule has 4 nitrogen and oxygen atoms in total. The smallest absolute Gasteiger partial charge is 0.356 e. The molecule has 0 bridgehead atoms. The van der Waals surface area contributed by atoms with Crippen molar-refractivity contribution in [2.75, 3.05) is 0 Å². The molecule has 1 aromatic carbocycles. The lowest BCUT2D eigenvalue weighted by molar-refractivity contribution is 0.0690. The number of rotatable bonds is 3. The van der Waals surface area contributed by atoms with Gasteiger partial charge in [0, 0.05) is 12.6 Å². The summed E-state index contributed by atoms with van der Waals surface area (Å²) in [4.78, 5) is 19.2. The van der Waals surface area contributed by atoms with E-state index in [0.717, 1.165) is 5.69 Å². The van der Waals surface area contributed by atoms with E-state index in [1.165, 1.54) is 41.3 Å². The maximum atomic E-state index is 10.9. The van der Waals surface area contributed by atoms with Crippen molar-refractivity contribution in [2.24, 2.45) is 0 Å². The van der Waals surface area contributed by atoms with Gasteiger partial charge in [0.05, 0.1) is 11.9 Å². The molecule has 0 saturated carbocycles. The van der Waals surface area contributed by atoms with Crippen molar-refractivity contribution in [3.8, 4) is 0 Å². The van der Waals surface area contributed by atoms with Gasteiger partial charge in [-0.3, -0.25) is 4.98 Å². The molecule has 132 valence electrons. The lowest BCUT2D eigenvalue weighted by Gasteiger charge is -2.42. The van der Waals surface area contributed by atoms with Crippen LogP contribution in [0.3, 0.4) is 0 Å². The number of nitrogens with zero attached hydrogens (tertiary/aromatic N) is 2. The standard InChI is InChI=1S/C21H26N2O2/c1-13-8-16-17(21(4,5)7-6-20(16,2)3)10-14(13)9-15-11-23-18(12-22-15)19(24)25/h8,10-12H,6-7,9H2,1-5H3,(H,24,25). The summed E-state index contributed by atoms with van der Waals surface area (Å²) in [7, 11) is 0. The summed E-state index contributed by atoms with van der Waals surface area (Å²) < 4.78 is 0. The summed E-state index contributed by atoms with van der Waals surface area (Å²) in [5, 5.41) is 8.95. The molecule has 4 heteroatoms. The van der Waals surface area contributed by atoms with E-state index in [-0.39, 0.29) is 16.5 Å². The molecule has 0 aliphatic heterocycles. The third-order valence-corrected chi connectivity index (χ3v) is 5.61. The highest BCUT2D eigenvalue weighted by molar-refractivity contribution is 5.84. The van der Waals surface area contributed by atoms with Gasteiger partial charge in [-0.1, -0.05) is 39.8 Å². The average molecular weight is 338 g/mol. The van der Waals surface area contributed by atoms with Gasteiger partial charge in [0.15, 0.2) is 5.69 Å². The van der Waals surface area contributed by atoms with Crippen LogP contribution in [0.1, 0.15) is 79.0 Å². The number of hydrogen-bond acceptors (Lipinski definition) is 3. The van der Waals surface area contributed by atoms with E-state index in [1.807, 2.05) is 0 Å². The topological polar surface area (TPSA) is 63.1 Å². The molecule has 0 amide bonds. The Bertz CT molecular complexity index is 821. The largest absolute Gasteiger partial charge is 0.476 e. The minimum absolute atomic E-state index is 0.0196. The highest BCUT2D eigenvalue weighted by Gasteiger charge is 2.37. The lowest BCUT2D eigenvalue weighted by atomic mass is 9.62. The zero-order valence-corrected chi connectivity index (χ0v) is 15.7. The van der Waals surface area contributed by atoms with E-state index >= 15 is 0 Å². The Morgan fingerprint density at radius 1 is 1.04 bits per heavy atom. The summed E-state index contributed by atoms with van der Waals surface area (Å²) in [5.41, 5.74) is 6.53. The average Bonchev–Trinajstić information content (AvgIpc) is 2.54. The SMILES string of the molecule is Cc1cc2c(cc1Cc1cnc(C(=O)O)cn1)C(C)(C)CCC2(C)C. The van der Waals surface area contributed by atoms with Crippen molar-refractivity contribution in [1.29, 1.82) is 0 Å². The van der Waals surface area contributed by atoms with E-state index in [0.29, 0.717) is 6.42 Å². The van der Waals surface area contributed by atoms with Crippen LogP contribution in [0.4, 0.5) is 0 Å². The van der Waals surface area contributed by atoms with Crippen LogP contribution in [0.25, 0.3) is 0 Å². The van der Waals surface area contributed by atoms with Crippen molar-refractivity contribution < 1.29 is 9.90 Å². The second kappa shape index (κ2) is 5.94. The van der Waals surface area contributed by atoms with E-state index in [4.69, 9.17) is 5.11 Å². The fraction of sp³-hybridized carbons (Fsp3) is 0.476. The first-order valence-corrected chi connectivity index (χ1v) is 8.79. The molecule has 1 heterocycles. The molecular weight excluding hydrogens is 312 g/mol. The van der Waals surface area contributed by atoms with Crippen LogP contribution >= 0.6 is 0 Å². The number of fused-ring (bicyclic) bond motifs is 1. The van der Waals surface area contributed by atoms with Gasteiger partial charge < -0.3 is 5.11 Å². The van der Waals surface area contributed by atoms with E-state index in [2.05, 4.69) is 56.7 Å². The third kappa shape index (κ3) is 3.30. The number of carbonyl (C=O) groups is 1. The van der Waals surface area contributed by atoms with Gasteiger partial charge in [-0.15, -0.1) is 0 Å². The zero-order valence-electron chi connectivity index (χ0n) is 15.7. The van der Waals surface area contributed by atoms with Crippen molar-refractivity contribution in [3.63, 3.8) is 0 Å². The molecule has 25 heavy (non-hydrogen) atoms. The summed E-state index contributed by atoms with van der Waals surface area (Å²) in [6, 6.07) is 4.67. The molecule has 2 aromatic rings. The van der Waals surface area contributed by atoms with E-state index < -0.39 is 5.97 Å². The lowest BCUT2D eigenvalue weighted by Crippen LogP contribution is -2.34. The van der Waals surface area contributed by atoms with Gasteiger partial charge in [0.2, 0.25) is 0 Å². The first-order chi connectivity index (χ1) is 11.6. The Morgan fingerprint density at radius 2 is 1.64 bits per heavy atom. The Kier molecular flexibility index (Phi) is 4.18. The van der Waals surface area contributed by atoms with Gasteiger partial charge in [-0.2, -0.15) is 0 Å². The molecule has 1 aliphatic carbocycles. The Hall–Kier alpha value is -2.23. The Morgan fingerprint density at radius 3 is 2.16 bits per heavy atom. The van der Waals surface area contributed by atoms with E-state index in [9.17, 15) is 4.79 Å². The highest BCUT2D eigenvalue weighted by atomic mass is 16.4. The number of carboxylic acids is 1. The first kappa shape index (κ1) is 17.6. The molecule has 0 unspecified atom stereocenters. The normalized spacial score (nSPS) is 17.8. The molecule has 3 rings (SSSR count). The summed E-state index contributed by atoms with van der Waals surface area (Å²) in [6.45, 7) is 11.4. The van der Waals surface area contributed by atoms with Crippen LogP contribution in [0, 0.1) is 6.92 Å². The van der Waals surface area contributed by atoms with Crippen molar-refractivity contribution in [3.05, 3.63) is 58.2 Å². The number of hydrogen-bond donors (Lipinski definition) is 1. The number of aromatic nitrogens is 2. The fourth-order valence-corrected chi connectivity index (χ4v) is 3.71. The quantitative estimate of drug-likeness (QED) is 0.899. The summed E-state index contributed by atoms with van der Waals surface area (Å²) >= 11 is 0. The van der Waals surface area contributed by atoms with E-state index in [1.54, 1.807) is 6.20 Å². The van der Waals surface area contributed by atoms with Crippen molar-refractivity contribution >= 4 is 5.97 Å². The van der Waals surface area contributed by atoms with Gasteiger partial charge in [0.1, 0.15) is 0 Å². The second-order valence-corrected chi connectivity index (χ2v) is 8.47. The molecule has 0 fully saturated rings. The minimum Gasteiger partial charge on any atom is -0.476 e. The maximum Gasteiger partial charge on any atom is 0.356 e. The number of benzene rings is 1. The van der Waals surface area contributed by atoms with Crippen LogP contribution < -0.4 is 0 Å². The molecule has 1 N–H and O–H groups in total. The van der Waals surface area contributed by atoms with Crippen LogP contribution in [-0.4, -0.2) is 21.0 Å². The number of aryl methyl sites for hydroxylation is 1. The molecule has 0 radical (unpaired) electrons. The van der Waals surface area contributed by atoms with Crippen molar-refractivity contribution in [2.45, 2.75) is 64.7 Å². The fourth-order valence-electron chi connectivity index (χ4n) is 3.71. The predicted molar refractivity (Wildman–Crippen MR) is 98.3 cm³/mol. The van der Waals surface area contributed by atoms with Crippen LogP contribution in [-0.2, 0) is 17.3 Å². The van der Waals surface area contributed by atoms with Gasteiger partial charge >= 0.3 is 5.97 Å². The molecule has 1 aromatic heterocycles. The van der Waals surface area contributed by atoms with Gasteiger partial charge in [-0.05, 0) is 52.8 Å². The number of aromatic carboxylic acids is 1. The first-order valence-electron chi connectivity index (χ1n) is 8.79. The van der Waals surface area contributed by atoms with Crippen LogP contribution in [0.15, 0.2) is 24.5 Å². The number of carboxylic acid groups (broad SMARTS) is 1. The maximum absolute atomic E-state index is 10.9. The summed E-state index contributed by atoms with van der Waals surface area (Å²) in [5.74, 6) is -1.05. The monoisotopic (exact) mass is 338 g/mol. The molecule has 1 aliphatic rings. The third-order valence-electron chi connectivity index (χ3n) is 5.61. The predicted octanol–water partition coefficient (Wildman–Crippen LogP) is 4.42. The van der Waals surface area contributed by atoms with Crippen LogP contribution in [0.2, 0.25) is 0 Å². The minimum atomic E-state index is -1.05. The Labute approximate surface area is 149 Å². The Balaban J connectivity index is 1.99.